The Morgan fingerprint density at radius 2 is 1.77 bits per heavy atom. The van der Waals surface area contributed by atoms with Crippen molar-refractivity contribution in [1.82, 2.24) is 4.72 Å². The molecule has 0 saturated heterocycles. The molecule has 31 heavy (non-hydrogen) atoms. The molecule has 2 bridgehead atoms. The van der Waals surface area contributed by atoms with E-state index in [9.17, 15) is 14.1 Å². The molecule has 6 rings (SSSR count). The third-order valence-corrected chi connectivity index (χ3v) is 9.45. The van der Waals surface area contributed by atoms with Crippen LogP contribution in [0.5, 0.6) is 0 Å². The summed E-state index contributed by atoms with van der Waals surface area (Å²) in [6, 6.07) is 1.18. The van der Waals surface area contributed by atoms with Gasteiger partial charge in [-0.25, -0.2) is 13.7 Å². The van der Waals surface area contributed by atoms with Gasteiger partial charge in [-0.15, -0.1) is 0 Å². The Balaban J connectivity index is 1.23. The van der Waals surface area contributed by atoms with Crippen molar-refractivity contribution in [1.29, 1.82) is 0 Å². The van der Waals surface area contributed by atoms with E-state index < -0.39 is 23.1 Å². The lowest BCUT2D eigenvalue weighted by atomic mass is 9.86. The van der Waals surface area contributed by atoms with Crippen LogP contribution in [0.4, 0.5) is 10.5 Å². The molecule has 3 N–H and O–H groups in total. The van der Waals surface area contributed by atoms with Gasteiger partial charge in [0.05, 0.1) is 6.10 Å². The Kier molecular flexibility index (Phi) is 4.81. The van der Waals surface area contributed by atoms with Crippen LogP contribution in [0.1, 0.15) is 77.7 Å². The molecule has 2 amide bonds. The molecule has 0 spiro atoms. The predicted octanol–water partition coefficient (Wildman–Crippen LogP) is 4.79. The Bertz CT molecular complexity index is 1080. The molecule has 1 aromatic carbocycles. The monoisotopic (exact) mass is 504 g/mol. The largest absolute Gasteiger partial charge is 0.450 e. The summed E-state index contributed by atoms with van der Waals surface area (Å²) >= 11 is 3.79. The number of anilines is 1. The summed E-state index contributed by atoms with van der Waals surface area (Å²) in [4.78, 5) is 12.8. The van der Waals surface area contributed by atoms with Crippen molar-refractivity contribution in [2.24, 2.45) is 5.92 Å². The second-order valence-electron chi connectivity index (χ2n) is 9.24. The fourth-order valence-electron chi connectivity index (χ4n) is 6.14. The highest BCUT2D eigenvalue weighted by Crippen LogP contribution is 2.52. The van der Waals surface area contributed by atoms with E-state index in [4.69, 9.17) is 4.42 Å². The van der Waals surface area contributed by atoms with Crippen LogP contribution in [0, 0.1) is 5.92 Å². The van der Waals surface area contributed by atoms with E-state index in [1.54, 1.807) is 6.07 Å². The molecular formula is C23H25BrN2O4S. The number of halogens is 1. The molecule has 0 aliphatic heterocycles. The number of benzene rings is 1. The minimum Gasteiger partial charge on any atom is -0.450 e. The summed E-state index contributed by atoms with van der Waals surface area (Å²) in [5.74, 6) is 1.29. The maximum atomic E-state index is 12.9. The van der Waals surface area contributed by atoms with E-state index >= 15 is 0 Å². The number of aliphatic hydroxyl groups is 1. The van der Waals surface area contributed by atoms with Gasteiger partial charge in [-0.3, -0.25) is 0 Å². The lowest BCUT2D eigenvalue weighted by Gasteiger charge is -2.23. The fraction of sp³-hybridized carbons (Fsp3) is 0.522. The Morgan fingerprint density at radius 3 is 2.48 bits per heavy atom. The van der Waals surface area contributed by atoms with Crippen molar-refractivity contribution in [2.45, 2.75) is 74.9 Å². The Morgan fingerprint density at radius 1 is 1.10 bits per heavy atom. The quantitative estimate of drug-likeness (QED) is 0.559. The first-order valence-corrected chi connectivity index (χ1v) is 13.1. The molecule has 0 radical (unpaired) electrons. The minimum atomic E-state index is -1.82. The SMILES string of the molecule is O=C(Nc1c2c(c(Br)c3c1CCC3)CCC2)NS(=O)c1cc2c(o1)C1CCC(C1)C2O. The number of carbonyl (C=O) groups excluding carboxylic acids is 1. The first-order chi connectivity index (χ1) is 15.0. The average molecular weight is 505 g/mol. The molecule has 1 aromatic heterocycles. The molecule has 1 saturated carbocycles. The molecule has 2 aromatic rings. The van der Waals surface area contributed by atoms with Crippen LogP contribution >= 0.6 is 15.9 Å². The highest BCUT2D eigenvalue weighted by molar-refractivity contribution is 9.10. The minimum absolute atomic E-state index is 0.206. The van der Waals surface area contributed by atoms with Gasteiger partial charge in [-0.1, -0.05) is 15.9 Å². The molecule has 1 fully saturated rings. The zero-order valence-electron chi connectivity index (χ0n) is 17.1. The van der Waals surface area contributed by atoms with E-state index in [0.29, 0.717) is 0 Å². The summed E-state index contributed by atoms with van der Waals surface area (Å²) in [5, 5.41) is 13.8. The van der Waals surface area contributed by atoms with Crippen molar-refractivity contribution in [3.8, 4) is 0 Å². The van der Waals surface area contributed by atoms with Gasteiger partial charge in [0, 0.05) is 27.7 Å². The van der Waals surface area contributed by atoms with Gasteiger partial charge < -0.3 is 14.8 Å². The van der Waals surface area contributed by atoms with Crippen molar-refractivity contribution in [2.75, 3.05) is 5.32 Å². The normalized spacial score (nSPS) is 26.3. The number of hydrogen-bond donors (Lipinski definition) is 3. The highest BCUT2D eigenvalue weighted by atomic mass is 79.9. The average Bonchev–Trinajstić information content (AvgIpc) is 3.53. The van der Waals surface area contributed by atoms with E-state index in [1.807, 2.05) is 0 Å². The molecule has 4 aliphatic carbocycles. The van der Waals surface area contributed by atoms with Crippen LogP contribution in [0.15, 0.2) is 20.0 Å². The second kappa shape index (κ2) is 7.46. The van der Waals surface area contributed by atoms with Crippen LogP contribution in [0.2, 0.25) is 0 Å². The Hall–Kier alpha value is -1.64. The van der Waals surface area contributed by atoms with Crippen LogP contribution in [0.25, 0.3) is 0 Å². The lowest BCUT2D eigenvalue weighted by Crippen LogP contribution is -2.31. The third kappa shape index (κ3) is 3.13. The summed E-state index contributed by atoms with van der Waals surface area (Å²) in [7, 11) is -1.82. The number of amides is 2. The fourth-order valence-corrected chi connectivity index (χ4v) is 7.74. The zero-order valence-corrected chi connectivity index (χ0v) is 19.5. The molecule has 4 unspecified atom stereocenters. The van der Waals surface area contributed by atoms with Crippen LogP contribution in [0.3, 0.4) is 0 Å². The third-order valence-electron chi connectivity index (χ3n) is 7.55. The van der Waals surface area contributed by atoms with Crippen LogP contribution < -0.4 is 10.0 Å². The standard InChI is InChI=1S/C23H25BrN2O4S/c24-19-13-3-1-5-15(13)20(16-6-2-4-14(16)19)25-23(28)26-31(29)18-10-17-21(27)11-7-8-12(9-11)22(17)30-18/h10-12,21,27H,1-9H2,(H2,25,26,28). The lowest BCUT2D eigenvalue weighted by molar-refractivity contribution is 0.101. The topological polar surface area (TPSA) is 91.6 Å². The number of furan rings is 1. The number of hydrogen-bond acceptors (Lipinski definition) is 4. The second-order valence-corrected chi connectivity index (χ2v) is 11.2. The molecule has 6 nitrogen and oxygen atoms in total. The van der Waals surface area contributed by atoms with Crippen molar-refractivity contribution >= 4 is 38.6 Å². The number of nitrogens with one attached hydrogen (secondary N) is 2. The number of fused-ring (bicyclic) bond motifs is 6. The number of urea groups is 1. The Labute approximate surface area is 191 Å². The van der Waals surface area contributed by atoms with Crippen LogP contribution in [-0.4, -0.2) is 15.3 Å². The summed E-state index contributed by atoms with van der Waals surface area (Å²) in [6.07, 6.45) is 8.45. The van der Waals surface area contributed by atoms with Gasteiger partial charge in [-0.2, -0.15) is 0 Å². The van der Waals surface area contributed by atoms with E-state index in [0.717, 1.165) is 74.8 Å². The van der Waals surface area contributed by atoms with Gasteiger partial charge >= 0.3 is 6.03 Å². The predicted molar refractivity (Wildman–Crippen MR) is 121 cm³/mol. The van der Waals surface area contributed by atoms with Gasteiger partial charge in [-0.05, 0) is 86.0 Å². The smallest absolute Gasteiger partial charge is 0.331 e. The van der Waals surface area contributed by atoms with Crippen LogP contribution in [-0.2, 0) is 36.7 Å². The van der Waals surface area contributed by atoms with Crippen molar-refractivity contribution in [3.05, 3.63) is 44.1 Å². The number of carbonyl (C=O) groups is 1. The molecule has 1 heterocycles. The molecule has 8 heteroatoms. The maximum absolute atomic E-state index is 12.9. The molecular weight excluding hydrogens is 480 g/mol. The first-order valence-electron chi connectivity index (χ1n) is 11.2. The summed E-state index contributed by atoms with van der Waals surface area (Å²) in [5.41, 5.74) is 6.68. The van der Waals surface area contributed by atoms with Gasteiger partial charge in [0.15, 0.2) is 11.0 Å². The molecule has 164 valence electrons. The van der Waals surface area contributed by atoms with E-state index in [1.165, 1.54) is 26.7 Å². The molecule has 4 atom stereocenters. The van der Waals surface area contributed by atoms with Gasteiger partial charge in [0.1, 0.15) is 5.76 Å². The zero-order chi connectivity index (χ0) is 21.3. The summed E-state index contributed by atoms with van der Waals surface area (Å²) < 4.78 is 22.5. The van der Waals surface area contributed by atoms with Crippen molar-refractivity contribution < 1.29 is 18.5 Å². The molecule has 4 aliphatic rings. The number of aliphatic hydroxyl groups excluding tert-OH is 1. The van der Waals surface area contributed by atoms with Gasteiger partial charge in [0.25, 0.3) is 0 Å². The van der Waals surface area contributed by atoms with E-state index in [-0.39, 0.29) is 16.9 Å². The first kappa shape index (κ1) is 20.0. The van der Waals surface area contributed by atoms with E-state index in [2.05, 4.69) is 26.0 Å². The van der Waals surface area contributed by atoms with Gasteiger partial charge in [0.2, 0.25) is 5.09 Å². The summed E-state index contributed by atoms with van der Waals surface area (Å²) in [6.45, 7) is 0. The highest BCUT2D eigenvalue weighted by Gasteiger charge is 2.42. The number of rotatable bonds is 3. The maximum Gasteiger partial charge on any atom is 0.331 e. The van der Waals surface area contributed by atoms with Crippen molar-refractivity contribution in [3.63, 3.8) is 0 Å².